The fraction of sp³-hybridized carbons (Fsp3) is 0.0833. The van der Waals surface area contributed by atoms with Crippen LogP contribution in [0, 0.1) is 0 Å². The summed E-state index contributed by atoms with van der Waals surface area (Å²) in [6, 6.07) is 21.7. The summed E-state index contributed by atoms with van der Waals surface area (Å²) in [5, 5.41) is 3.67. The third-order valence-electron chi connectivity index (χ3n) is 4.58. The normalized spacial score (nSPS) is 10.5. The molecule has 0 aliphatic carbocycles. The maximum absolute atomic E-state index is 12.3. The molecule has 6 nitrogen and oxygen atoms in total. The Labute approximate surface area is 174 Å². The lowest BCUT2D eigenvalue weighted by atomic mass is 10.2. The van der Waals surface area contributed by atoms with Crippen molar-refractivity contribution in [2.75, 3.05) is 19.5 Å². The lowest BCUT2D eigenvalue weighted by Crippen LogP contribution is -2.11. The van der Waals surface area contributed by atoms with Crippen LogP contribution in [-0.4, -0.2) is 25.1 Å². The highest BCUT2D eigenvalue weighted by molar-refractivity contribution is 6.04. The number of ether oxygens (including phenoxy) is 3. The zero-order chi connectivity index (χ0) is 20.9. The number of hydrogen-bond acceptors (Lipinski definition) is 5. The smallest absolute Gasteiger partial charge is 0.255 e. The topological polar surface area (TPSA) is 69.7 Å². The molecule has 1 N–H and O–H groups in total. The van der Waals surface area contributed by atoms with Crippen LogP contribution in [0.5, 0.6) is 23.0 Å². The second kappa shape index (κ2) is 8.53. The van der Waals surface area contributed by atoms with E-state index in [0.717, 1.165) is 10.9 Å². The van der Waals surface area contributed by atoms with E-state index in [9.17, 15) is 4.79 Å². The van der Waals surface area contributed by atoms with E-state index in [0.29, 0.717) is 34.2 Å². The maximum Gasteiger partial charge on any atom is 0.255 e. The Balaban J connectivity index is 1.55. The number of benzene rings is 3. The van der Waals surface area contributed by atoms with Gasteiger partial charge in [0, 0.05) is 28.9 Å². The summed E-state index contributed by atoms with van der Waals surface area (Å²) in [6.45, 7) is 0. The van der Waals surface area contributed by atoms with Gasteiger partial charge in [0.15, 0.2) is 11.5 Å². The van der Waals surface area contributed by atoms with Crippen LogP contribution in [0.25, 0.3) is 10.9 Å². The number of methoxy groups -OCH3 is 2. The van der Waals surface area contributed by atoms with Gasteiger partial charge in [0.2, 0.25) is 0 Å². The first-order valence-corrected chi connectivity index (χ1v) is 9.33. The average Bonchev–Trinajstić information content (AvgIpc) is 2.80. The molecule has 0 spiro atoms. The van der Waals surface area contributed by atoms with Crippen LogP contribution in [0.4, 0.5) is 5.69 Å². The Morgan fingerprint density at radius 1 is 0.833 bits per heavy atom. The number of carbonyl (C=O) groups excluding carboxylic acids is 1. The van der Waals surface area contributed by atoms with Gasteiger partial charge in [-0.15, -0.1) is 0 Å². The molecule has 0 atom stereocenters. The van der Waals surface area contributed by atoms with Crippen LogP contribution in [0.3, 0.4) is 0 Å². The Morgan fingerprint density at radius 3 is 2.23 bits per heavy atom. The van der Waals surface area contributed by atoms with Gasteiger partial charge in [0.05, 0.1) is 19.7 Å². The molecule has 1 heterocycles. The number of pyridine rings is 1. The summed E-state index contributed by atoms with van der Waals surface area (Å²) < 4.78 is 16.8. The number of nitrogens with one attached hydrogen (secondary N) is 1. The first-order chi connectivity index (χ1) is 14.7. The average molecular weight is 400 g/mol. The van der Waals surface area contributed by atoms with Gasteiger partial charge in [-0.05, 0) is 48.5 Å². The molecule has 0 bridgehead atoms. The Bertz CT molecular complexity index is 1180. The summed E-state index contributed by atoms with van der Waals surface area (Å²) in [4.78, 5) is 16.7. The Morgan fingerprint density at radius 2 is 1.53 bits per heavy atom. The molecule has 0 fully saturated rings. The Kier molecular flexibility index (Phi) is 5.48. The SMILES string of the molecule is COc1cc2nccc(Oc3ccc(NC(=O)c4ccccc4)cc3)c2cc1OC. The quantitative estimate of drug-likeness (QED) is 0.476. The molecule has 4 rings (SSSR count). The van der Waals surface area contributed by atoms with Crippen molar-refractivity contribution in [3.63, 3.8) is 0 Å². The minimum absolute atomic E-state index is 0.162. The largest absolute Gasteiger partial charge is 0.493 e. The van der Waals surface area contributed by atoms with Crippen LogP contribution < -0.4 is 19.5 Å². The van der Waals surface area contributed by atoms with Crippen molar-refractivity contribution in [1.82, 2.24) is 4.98 Å². The van der Waals surface area contributed by atoms with E-state index < -0.39 is 0 Å². The van der Waals surface area contributed by atoms with Crippen LogP contribution in [0.1, 0.15) is 10.4 Å². The summed E-state index contributed by atoms with van der Waals surface area (Å²) in [5.74, 6) is 2.32. The van der Waals surface area contributed by atoms with Gasteiger partial charge in [0.1, 0.15) is 11.5 Å². The van der Waals surface area contributed by atoms with Crippen molar-refractivity contribution in [3.05, 3.63) is 84.6 Å². The van der Waals surface area contributed by atoms with E-state index in [1.807, 2.05) is 30.3 Å². The van der Waals surface area contributed by atoms with E-state index in [4.69, 9.17) is 14.2 Å². The monoisotopic (exact) mass is 400 g/mol. The van der Waals surface area contributed by atoms with Gasteiger partial charge in [-0.1, -0.05) is 18.2 Å². The number of fused-ring (bicyclic) bond motifs is 1. The molecular weight excluding hydrogens is 380 g/mol. The molecule has 0 radical (unpaired) electrons. The third kappa shape index (κ3) is 4.03. The predicted octanol–water partition coefficient (Wildman–Crippen LogP) is 5.30. The molecule has 4 aromatic rings. The van der Waals surface area contributed by atoms with Gasteiger partial charge < -0.3 is 19.5 Å². The molecule has 150 valence electrons. The minimum Gasteiger partial charge on any atom is -0.493 e. The van der Waals surface area contributed by atoms with Gasteiger partial charge in [-0.2, -0.15) is 0 Å². The summed E-state index contributed by atoms with van der Waals surface area (Å²) in [5.41, 5.74) is 2.02. The number of anilines is 1. The number of nitrogens with zero attached hydrogens (tertiary/aromatic N) is 1. The Hall–Kier alpha value is -4.06. The van der Waals surface area contributed by atoms with Crippen molar-refractivity contribution in [2.24, 2.45) is 0 Å². The van der Waals surface area contributed by atoms with Gasteiger partial charge in [-0.25, -0.2) is 0 Å². The molecule has 30 heavy (non-hydrogen) atoms. The zero-order valence-electron chi connectivity index (χ0n) is 16.6. The summed E-state index contributed by atoms with van der Waals surface area (Å²) >= 11 is 0. The highest BCUT2D eigenvalue weighted by Gasteiger charge is 2.11. The fourth-order valence-corrected chi connectivity index (χ4v) is 3.06. The van der Waals surface area contributed by atoms with E-state index >= 15 is 0 Å². The van der Waals surface area contributed by atoms with Crippen molar-refractivity contribution in [1.29, 1.82) is 0 Å². The van der Waals surface area contributed by atoms with Gasteiger partial charge in [0.25, 0.3) is 5.91 Å². The molecular formula is C24H20N2O4. The number of carbonyl (C=O) groups is 1. The van der Waals surface area contributed by atoms with E-state index in [1.165, 1.54) is 0 Å². The molecule has 3 aromatic carbocycles. The van der Waals surface area contributed by atoms with Crippen LogP contribution in [-0.2, 0) is 0 Å². The van der Waals surface area contributed by atoms with E-state index in [2.05, 4.69) is 10.3 Å². The molecule has 0 saturated carbocycles. The van der Waals surface area contributed by atoms with Crippen LogP contribution in [0.2, 0.25) is 0 Å². The van der Waals surface area contributed by atoms with E-state index in [-0.39, 0.29) is 5.91 Å². The summed E-state index contributed by atoms with van der Waals surface area (Å²) in [6.07, 6.45) is 1.68. The van der Waals surface area contributed by atoms with Gasteiger partial charge >= 0.3 is 0 Å². The van der Waals surface area contributed by atoms with Gasteiger partial charge in [-0.3, -0.25) is 9.78 Å². The fourth-order valence-electron chi connectivity index (χ4n) is 3.06. The number of amides is 1. The standard InChI is InChI=1S/C24H20N2O4/c1-28-22-14-19-20(15-23(22)29-2)25-13-12-21(19)30-18-10-8-17(9-11-18)26-24(27)16-6-4-3-5-7-16/h3-15H,1-2H3,(H,26,27). The van der Waals surface area contributed by atoms with E-state index in [1.54, 1.807) is 62.9 Å². The lowest BCUT2D eigenvalue weighted by molar-refractivity contribution is 0.102. The van der Waals surface area contributed by atoms with Crippen molar-refractivity contribution >= 4 is 22.5 Å². The third-order valence-corrected chi connectivity index (χ3v) is 4.58. The minimum atomic E-state index is -0.162. The first kappa shape index (κ1) is 19.3. The number of aromatic nitrogens is 1. The summed E-state index contributed by atoms with van der Waals surface area (Å²) in [7, 11) is 3.17. The van der Waals surface area contributed by atoms with Crippen molar-refractivity contribution in [3.8, 4) is 23.0 Å². The molecule has 0 aliphatic heterocycles. The second-order valence-corrected chi connectivity index (χ2v) is 6.48. The predicted molar refractivity (Wildman–Crippen MR) is 116 cm³/mol. The molecule has 0 saturated heterocycles. The molecule has 0 unspecified atom stereocenters. The second-order valence-electron chi connectivity index (χ2n) is 6.48. The van der Waals surface area contributed by atoms with Crippen LogP contribution in [0.15, 0.2) is 79.0 Å². The highest BCUT2D eigenvalue weighted by Crippen LogP contribution is 2.36. The molecule has 6 heteroatoms. The number of rotatable bonds is 6. The molecule has 1 aromatic heterocycles. The maximum atomic E-state index is 12.3. The lowest BCUT2D eigenvalue weighted by Gasteiger charge is -2.12. The first-order valence-electron chi connectivity index (χ1n) is 9.33. The highest BCUT2D eigenvalue weighted by atomic mass is 16.5. The number of hydrogen-bond donors (Lipinski definition) is 1. The van der Waals surface area contributed by atoms with Crippen LogP contribution >= 0.6 is 0 Å². The van der Waals surface area contributed by atoms with Crippen molar-refractivity contribution in [2.45, 2.75) is 0 Å². The molecule has 0 aliphatic rings. The molecule has 1 amide bonds. The van der Waals surface area contributed by atoms with Crippen molar-refractivity contribution < 1.29 is 19.0 Å². The zero-order valence-corrected chi connectivity index (χ0v) is 16.6.